The normalized spacial score (nSPS) is 10.2. The number of phenols is 1. The second kappa shape index (κ2) is 5.05. The molecule has 5 heteroatoms. The molecular weight excluding hydrogens is 260 g/mol. The van der Waals surface area contributed by atoms with E-state index >= 15 is 0 Å². The van der Waals surface area contributed by atoms with Crippen molar-refractivity contribution in [2.24, 2.45) is 0 Å². The Hall–Kier alpha value is -2.82. The Labute approximate surface area is 114 Å². The Balaban J connectivity index is 2.63. The van der Waals surface area contributed by atoms with Crippen molar-refractivity contribution >= 4 is 22.7 Å². The van der Waals surface area contributed by atoms with Crippen molar-refractivity contribution in [2.45, 2.75) is 6.92 Å². The van der Waals surface area contributed by atoms with Crippen LogP contribution in [0.25, 0.3) is 10.8 Å². The highest BCUT2D eigenvalue weighted by Crippen LogP contribution is 2.33. The number of carboxylic acids is 1. The third kappa shape index (κ3) is 2.47. The van der Waals surface area contributed by atoms with Crippen molar-refractivity contribution in [2.75, 3.05) is 0 Å². The molecule has 0 aromatic heterocycles. The molecule has 0 spiro atoms. The van der Waals surface area contributed by atoms with E-state index in [0.29, 0.717) is 10.8 Å². The fraction of sp³-hybridized carbons (Fsp3) is 0.0667. The third-order valence-corrected chi connectivity index (χ3v) is 2.73. The number of esters is 1. The molecule has 0 aliphatic heterocycles. The van der Waals surface area contributed by atoms with E-state index in [0.717, 1.165) is 6.07 Å². The van der Waals surface area contributed by atoms with Gasteiger partial charge in [-0.3, -0.25) is 0 Å². The summed E-state index contributed by atoms with van der Waals surface area (Å²) in [7, 11) is 0. The summed E-state index contributed by atoms with van der Waals surface area (Å²) in [5.74, 6) is -1.80. The molecule has 2 aromatic carbocycles. The van der Waals surface area contributed by atoms with Gasteiger partial charge in [-0.15, -0.1) is 0 Å². The molecule has 5 nitrogen and oxygen atoms in total. The molecule has 0 saturated heterocycles. The van der Waals surface area contributed by atoms with E-state index in [1.807, 2.05) is 0 Å². The number of aromatic hydroxyl groups is 1. The Morgan fingerprint density at radius 3 is 2.50 bits per heavy atom. The minimum Gasteiger partial charge on any atom is -0.507 e. The smallest absolute Gasteiger partial charge is 0.338 e. The SMILES string of the molecule is C=C(C)C(=O)Oc1cccc2c(O)cc(C(=O)O)cc12. The second-order valence-corrected chi connectivity index (χ2v) is 4.32. The molecule has 0 heterocycles. The molecule has 20 heavy (non-hydrogen) atoms. The van der Waals surface area contributed by atoms with Crippen LogP contribution in [0.3, 0.4) is 0 Å². The van der Waals surface area contributed by atoms with Gasteiger partial charge in [-0.1, -0.05) is 18.7 Å². The number of carboxylic acid groups (broad SMARTS) is 1. The number of rotatable bonds is 3. The molecule has 2 N–H and O–H groups in total. The van der Waals surface area contributed by atoms with E-state index in [9.17, 15) is 14.7 Å². The first-order chi connectivity index (χ1) is 9.40. The summed E-state index contributed by atoms with van der Waals surface area (Å²) in [4.78, 5) is 22.6. The second-order valence-electron chi connectivity index (χ2n) is 4.32. The van der Waals surface area contributed by atoms with Crippen molar-refractivity contribution < 1.29 is 24.5 Å². The minimum atomic E-state index is -1.18. The van der Waals surface area contributed by atoms with Crippen LogP contribution in [0.2, 0.25) is 0 Å². The fourth-order valence-corrected chi connectivity index (χ4v) is 1.74. The minimum absolute atomic E-state index is 0.0891. The summed E-state index contributed by atoms with van der Waals surface area (Å²) in [5, 5.41) is 19.6. The van der Waals surface area contributed by atoms with Crippen LogP contribution in [0, 0.1) is 0 Å². The van der Waals surface area contributed by atoms with Crippen LogP contribution in [0.1, 0.15) is 17.3 Å². The molecule has 0 radical (unpaired) electrons. The molecule has 0 atom stereocenters. The summed E-state index contributed by atoms with van der Waals surface area (Å²) in [5.41, 5.74) is 0.134. The average Bonchev–Trinajstić information content (AvgIpc) is 2.39. The number of carbonyl (C=O) groups excluding carboxylic acids is 1. The first kappa shape index (κ1) is 13.6. The van der Waals surface area contributed by atoms with Crippen molar-refractivity contribution in [3.63, 3.8) is 0 Å². The maximum absolute atomic E-state index is 11.6. The lowest BCUT2D eigenvalue weighted by atomic mass is 10.0. The molecule has 0 unspecified atom stereocenters. The summed E-state index contributed by atoms with van der Waals surface area (Å²) in [6.07, 6.45) is 0. The molecule has 0 aliphatic carbocycles. The molecule has 2 rings (SSSR count). The quantitative estimate of drug-likeness (QED) is 0.510. The van der Waals surface area contributed by atoms with Gasteiger partial charge in [0.2, 0.25) is 0 Å². The fourth-order valence-electron chi connectivity index (χ4n) is 1.74. The Morgan fingerprint density at radius 1 is 1.20 bits per heavy atom. The monoisotopic (exact) mass is 272 g/mol. The lowest BCUT2D eigenvalue weighted by Crippen LogP contribution is -2.08. The molecule has 0 amide bonds. The van der Waals surface area contributed by atoms with Gasteiger partial charge in [-0.2, -0.15) is 0 Å². The van der Waals surface area contributed by atoms with Crippen molar-refractivity contribution in [3.8, 4) is 11.5 Å². The number of carbonyl (C=O) groups is 2. The maximum Gasteiger partial charge on any atom is 0.338 e. The van der Waals surface area contributed by atoms with Gasteiger partial charge >= 0.3 is 11.9 Å². The number of aromatic carboxylic acids is 1. The highest BCUT2D eigenvalue weighted by molar-refractivity contribution is 6.01. The van der Waals surface area contributed by atoms with E-state index < -0.39 is 11.9 Å². The van der Waals surface area contributed by atoms with Gasteiger partial charge in [0.25, 0.3) is 0 Å². The van der Waals surface area contributed by atoms with Crippen LogP contribution < -0.4 is 4.74 Å². The summed E-state index contributed by atoms with van der Waals surface area (Å²) >= 11 is 0. The van der Waals surface area contributed by atoms with Crippen LogP contribution in [0.5, 0.6) is 11.5 Å². The van der Waals surface area contributed by atoms with Gasteiger partial charge in [0.15, 0.2) is 0 Å². The van der Waals surface area contributed by atoms with Crippen LogP contribution >= 0.6 is 0 Å². The Bertz CT molecular complexity index is 730. The largest absolute Gasteiger partial charge is 0.507 e. The van der Waals surface area contributed by atoms with Gasteiger partial charge < -0.3 is 14.9 Å². The highest BCUT2D eigenvalue weighted by atomic mass is 16.5. The lowest BCUT2D eigenvalue weighted by Gasteiger charge is -2.09. The zero-order valence-corrected chi connectivity index (χ0v) is 10.7. The van der Waals surface area contributed by atoms with Crippen molar-refractivity contribution in [1.29, 1.82) is 0 Å². The van der Waals surface area contributed by atoms with E-state index in [-0.39, 0.29) is 22.6 Å². The first-order valence-electron chi connectivity index (χ1n) is 5.77. The van der Waals surface area contributed by atoms with Gasteiger partial charge in [0.1, 0.15) is 11.5 Å². The third-order valence-electron chi connectivity index (χ3n) is 2.73. The predicted molar refractivity (Wildman–Crippen MR) is 73.0 cm³/mol. The van der Waals surface area contributed by atoms with Gasteiger partial charge in [-0.05, 0) is 25.1 Å². The molecular formula is C15H12O5. The first-order valence-corrected chi connectivity index (χ1v) is 5.77. The molecule has 0 bridgehead atoms. The number of fused-ring (bicyclic) bond motifs is 1. The average molecular weight is 272 g/mol. The van der Waals surface area contributed by atoms with Gasteiger partial charge in [-0.25, -0.2) is 9.59 Å². The van der Waals surface area contributed by atoms with Crippen LogP contribution in [0.4, 0.5) is 0 Å². The summed E-state index contributed by atoms with van der Waals surface area (Å²) < 4.78 is 5.14. The van der Waals surface area contributed by atoms with E-state index in [1.165, 1.54) is 19.1 Å². The van der Waals surface area contributed by atoms with Crippen molar-refractivity contribution in [3.05, 3.63) is 48.0 Å². The van der Waals surface area contributed by atoms with E-state index in [2.05, 4.69) is 6.58 Å². The standard InChI is InChI=1S/C15H12O5/c1-8(2)15(19)20-13-5-3-4-10-11(13)6-9(14(17)18)7-12(10)16/h3-7,16H,1H2,2H3,(H,17,18). The number of hydrogen-bond donors (Lipinski definition) is 2. The van der Waals surface area contributed by atoms with Crippen LogP contribution in [-0.2, 0) is 4.79 Å². The molecule has 0 fully saturated rings. The Morgan fingerprint density at radius 2 is 1.90 bits per heavy atom. The summed E-state index contributed by atoms with van der Waals surface area (Å²) in [6, 6.07) is 7.22. The Kier molecular flexibility index (Phi) is 3.43. The maximum atomic E-state index is 11.6. The molecule has 0 saturated carbocycles. The van der Waals surface area contributed by atoms with Gasteiger partial charge in [0.05, 0.1) is 5.56 Å². The lowest BCUT2D eigenvalue weighted by molar-refractivity contribution is -0.129. The number of ether oxygens (including phenoxy) is 1. The number of hydrogen-bond acceptors (Lipinski definition) is 4. The van der Waals surface area contributed by atoms with Crippen LogP contribution in [-0.4, -0.2) is 22.2 Å². The molecule has 2 aromatic rings. The number of benzene rings is 2. The predicted octanol–water partition coefficient (Wildman–Crippen LogP) is 2.73. The van der Waals surface area contributed by atoms with Crippen molar-refractivity contribution in [1.82, 2.24) is 0 Å². The van der Waals surface area contributed by atoms with E-state index in [1.54, 1.807) is 12.1 Å². The molecule has 102 valence electrons. The highest BCUT2D eigenvalue weighted by Gasteiger charge is 2.14. The summed E-state index contributed by atoms with van der Waals surface area (Å²) in [6.45, 7) is 4.98. The number of phenolic OH excluding ortho intramolecular Hbond substituents is 1. The molecule has 0 aliphatic rings. The van der Waals surface area contributed by atoms with Gasteiger partial charge in [0, 0.05) is 16.3 Å². The topological polar surface area (TPSA) is 83.8 Å². The zero-order chi connectivity index (χ0) is 14.9. The van der Waals surface area contributed by atoms with E-state index in [4.69, 9.17) is 9.84 Å². The zero-order valence-electron chi connectivity index (χ0n) is 10.7. The van der Waals surface area contributed by atoms with Crippen LogP contribution in [0.15, 0.2) is 42.5 Å².